The second-order valence-electron chi connectivity index (χ2n) is 8.28. The highest BCUT2D eigenvalue weighted by molar-refractivity contribution is 4.98. The molecule has 2 aliphatic carbocycles. The molecule has 0 radical (unpaired) electrons. The van der Waals surface area contributed by atoms with Gasteiger partial charge in [-0.05, 0) is 78.0 Å². The van der Waals surface area contributed by atoms with Crippen molar-refractivity contribution in [2.24, 2.45) is 17.8 Å². The van der Waals surface area contributed by atoms with Gasteiger partial charge in [-0.1, -0.05) is 13.8 Å². The molecule has 2 rings (SSSR count). The van der Waals surface area contributed by atoms with Crippen LogP contribution in [0.25, 0.3) is 0 Å². The van der Waals surface area contributed by atoms with Crippen LogP contribution < -0.4 is 5.32 Å². The van der Waals surface area contributed by atoms with Crippen LogP contribution >= 0.6 is 0 Å². The summed E-state index contributed by atoms with van der Waals surface area (Å²) >= 11 is 0. The van der Waals surface area contributed by atoms with Gasteiger partial charge in [0.05, 0.1) is 0 Å². The molecular weight excluding hydrogens is 258 g/mol. The Morgan fingerprint density at radius 1 is 1.10 bits per heavy atom. The van der Waals surface area contributed by atoms with Gasteiger partial charge in [0.2, 0.25) is 0 Å². The van der Waals surface area contributed by atoms with Gasteiger partial charge in [0.25, 0.3) is 0 Å². The number of nitrogens with one attached hydrogen (secondary N) is 1. The SMILES string of the molecule is CNC1CC(C)CC(C)C1CN(C)CC1(N(C)C)CCC1. The molecule has 3 heteroatoms. The highest BCUT2D eigenvalue weighted by Gasteiger charge is 2.41. The normalized spacial score (nSPS) is 36.0. The Morgan fingerprint density at radius 3 is 2.24 bits per heavy atom. The first kappa shape index (κ1) is 17.2. The van der Waals surface area contributed by atoms with Crippen LogP contribution in [0.4, 0.5) is 0 Å². The summed E-state index contributed by atoms with van der Waals surface area (Å²) in [5.74, 6) is 2.51. The Hall–Kier alpha value is -0.120. The minimum Gasteiger partial charge on any atom is -0.317 e. The fourth-order valence-electron chi connectivity index (χ4n) is 4.81. The predicted octanol–water partition coefficient (Wildman–Crippen LogP) is 2.67. The van der Waals surface area contributed by atoms with Crippen LogP contribution in [-0.4, -0.2) is 62.7 Å². The van der Waals surface area contributed by atoms with Gasteiger partial charge in [-0.3, -0.25) is 0 Å². The van der Waals surface area contributed by atoms with Crippen molar-refractivity contribution < 1.29 is 0 Å². The van der Waals surface area contributed by atoms with E-state index in [0.717, 1.165) is 17.8 Å². The van der Waals surface area contributed by atoms with Crippen molar-refractivity contribution >= 4 is 0 Å². The lowest BCUT2D eigenvalue weighted by atomic mass is 9.71. The van der Waals surface area contributed by atoms with E-state index in [0.29, 0.717) is 11.6 Å². The van der Waals surface area contributed by atoms with Gasteiger partial charge in [-0.25, -0.2) is 0 Å². The van der Waals surface area contributed by atoms with Crippen molar-refractivity contribution in [3.8, 4) is 0 Å². The van der Waals surface area contributed by atoms with Gasteiger partial charge in [0.15, 0.2) is 0 Å². The van der Waals surface area contributed by atoms with Gasteiger partial charge in [-0.15, -0.1) is 0 Å². The highest BCUT2D eigenvalue weighted by Crippen LogP contribution is 2.38. The summed E-state index contributed by atoms with van der Waals surface area (Å²) in [5.41, 5.74) is 0.453. The largest absolute Gasteiger partial charge is 0.317 e. The first-order chi connectivity index (χ1) is 9.88. The van der Waals surface area contributed by atoms with Crippen LogP contribution in [0.2, 0.25) is 0 Å². The molecular formula is C18H37N3. The van der Waals surface area contributed by atoms with E-state index in [1.54, 1.807) is 0 Å². The molecule has 0 saturated heterocycles. The predicted molar refractivity (Wildman–Crippen MR) is 91.7 cm³/mol. The number of nitrogens with zero attached hydrogens (tertiary/aromatic N) is 2. The molecule has 2 saturated carbocycles. The van der Waals surface area contributed by atoms with E-state index in [-0.39, 0.29) is 0 Å². The second-order valence-corrected chi connectivity index (χ2v) is 8.28. The second kappa shape index (κ2) is 6.97. The molecule has 4 atom stereocenters. The molecule has 0 bridgehead atoms. The van der Waals surface area contributed by atoms with Crippen LogP contribution in [0.5, 0.6) is 0 Å². The van der Waals surface area contributed by atoms with E-state index in [2.05, 4.69) is 57.2 Å². The van der Waals surface area contributed by atoms with Crippen LogP contribution in [-0.2, 0) is 0 Å². The van der Waals surface area contributed by atoms with Gasteiger partial charge >= 0.3 is 0 Å². The third-order valence-electron chi connectivity index (χ3n) is 6.37. The molecule has 3 nitrogen and oxygen atoms in total. The van der Waals surface area contributed by atoms with E-state index in [1.165, 1.54) is 45.2 Å². The van der Waals surface area contributed by atoms with Crippen LogP contribution in [0, 0.1) is 17.8 Å². The van der Waals surface area contributed by atoms with Gasteiger partial charge in [-0.2, -0.15) is 0 Å². The number of likely N-dealkylation sites (N-methyl/N-ethyl adjacent to an activating group) is 2. The van der Waals surface area contributed by atoms with Gasteiger partial charge < -0.3 is 15.1 Å². The molecule has 0 aromatic carbocycles. The van der Waals surface area contributed by atoms with Gasteiger partial charge in [0, 0.05) is 24.7 Å². The van der Waals surface area contributed by atoms with Crippen molar-refractivity contribution in [1.82, 2.24) is 15.1 Å². The minimum absolute atomic E-state index is 0.453. The Balaban J connectivity index is 1.93. The zero-order valence-corrected chi connectivity index (χ0v) is 15.2. The third kappa shape index (κ3) is 3.80. The van der Waals surface area contributed by atoms with Gasteiger partial charge in [0.1, 0.15) is 0 Å². The van der Waals surface area contributed by atoms with Crippen molar-refractivity contribution in [2.45, 2.75) is 57.5 Å². The van der Waals surface area contributed by atoms with Crippen molar-refractivity contribution in [3.05, 3.63) is 0 Å². The Morgan fingerprint density at radius 2 is 1.76 bits per heavy atom. The quantitative estimate of drug-likeness (QED) is 0.813. The summed E-state index contributed by atoms with van der Waals surface area (Å²) < 4.78 is 0. The lowest BCUT2D eigenvalue weighted by Gasteiger charge is -2.50. The Labute approximate surface area is 132 Å². The summed E-state index contributed by atoms with van der Waals surface area (Å²) in [6, 6.07) is 0.697. The van der Waals surface area contributed by atoms with Crippen molar-refractivity contribution in [2.75, 3.05) is 41.3 Å². The lowest BCUT2D eigenvalue weighted by molar-refractivity contribution is 0.0147. The molecule has 0 spiro atoms. The fourth-order valence-corrected chi connectivity index (χ4v) is 4.81. The van der Waals surface area contributed by atoms with E-state index < -0.39 is 0 Å². The highest BCUT2D eigenvalue weighted by atomic mass is 15.2. The topological polar surface area (TPSA) is 18.5 Å². The molecule has 2 fully saturated rings. The van der Waals surface area contributed by atoms with Crippen LogP contribution in [0.3, 0.4) is 0 Å². The fraction of sp³-hybridized carbons (Fsp3) is 1.00. The molecule has 0 heterocycles. The molecule has 1 N–H and O–H groups in total. The average molecular weight is 296 g/mol. The molecule has 0 aliphatic heterocycles. The molecule has 0 aromatic rings. The summed E-state index contributed by atoms with van der Waals surface area (Å²) in [7, 11) is 9.00. The first-order valence-electron chi connectivity index (χ1n) is 8.91. The molecule has 0 amide bonds. The van der Waals surface area contributed by atoms with E-state index in [9.17, 15) is 0 Å². The molecule has 2 aliphatic rings. The van der Waals surface area contributed by atoms with Crippen LogP contribution in [0.15, 0.2) is 0 Å². The van der Waals surface area contributed by atoms with Crippen LogP contribution in [0.1, 0.15) is 46.0 Å². The molecule has 0 aromatic heterocycles. The van der Waals surface area contributed by atoms with Crippen molar-refractivity contribution in [1.29, 1.82) is 0 Å². The Bertz CT molecular complexity index is 324. The maximum atomic E-state index is 3.60. The number of hydrogen-bond acceptors (Lipinski definition) is 3. The number of hydrogen-bond donors (Lipinski definition) is 1. The monoisotopic (exact) mass is 295 g/mol. The van der Waals surface area contributed by atoms with E-state index in [4.69, 9.17) is 0 Å². The maximum absolute atomic E-state index is 3.60. The minimum atomic E-state index is 0.453. The van der Waals surface area contributed by atoms with Crippen molar-refractivity contribution in [3.63, 3.8) is 0 Å². The molecule has 4 unspecified atom stereocenters. The summed E-state index contributed by atoms with van der Waals surface area (Å²) in [6.45, 7) is 7.35. The summed E-state index contributed by atoms with van der Waals surface area (Å²) in [4.78, 5) is 5.08. The first-order valence-corrected chi connectivity index (χ1v) is 8.91. The summed E-state index contributed by atoms with van der Waals surface area (Å²) in [6.07, 6.45) is 6.89. The zero-order chi connectivity index (χ0) is 15.6. The third-order valence-corrected chi connectivity index (χ3v) is 6.37. The number of rotatable bonds is 6. The standard InChI is InChI=1S/C18H37N3/c1-14-10-15(2)16(17(11-14)19-3)12-21(6)13-18(20(4)5)8-7-9-18/h14-17,19H,7-13H2,1-6H3. The van der Waals surface area contributed by atoms with E-state index >= 15 is 0 Å². The Kier molecular flexibility index (Phi) is 5.72. The van der Waals surface area contributed by atoms with E-state index in [1.807, 2.05) is 0 Å². The maximum Gasteiger partial charge on any atom is 0.0330 e. The lowest BCUT2D eigenvalue weighted by Crippen LogP contribution is -2.58. The zero-order valence-electron chi connectivity index (χ0n) is 15.2. The summed E-state index contributed by atoms with van der Waals surface area (Å²) in [5, 5.41) is 3.60. The smallest absolute Gasteiger partial charge is 0.0330 e. The molecule has 124 valence electrons. The average Bonchev–Trinajstić information content (AvgIpc) is 2.36. The molecule has 21 heavy (non-hydrogen) atoms.